The summed E-state index contributed by atoms with van der Waals surface area (Å²) in [7, 11) is 1.18. The summed E-state index contributed by atoms with van der Waals surface area (Å²) in [6, 6.07) is 4.67. The Morgan fingerprint density at radius 1 is 1.53 bits per heavy atom. The first-order chi connectivity index (χ1) is 7.07. The fraction of sp³-hybridized carbons (Fsp3) is 0.222. The molecule has 6 heteroatoms. The fourth-order valence-electron chi connectivity index (χ4n) is 1.17. The molecule has 0 aromatic heterocycles. The lowest BCUT2D eigenvalue weighted by molar-refractivity contribution is -0.385. The highest BCUT2D eigenvalue weighted by Crippen LogP contribution is 2.23. The zero-order valence-corrected chi connectivity index (χ0v) is 8.04. The van der Waals surface area contributed by atoms with Gasteiger partial charge in [0.2, 0.25) is 0 Å². The topological polar surface area (TPSA) is 95.5 Å². The molecule has 1 rings (SSSR count). The van der Waals surface area contributed by atoms with Crippen LogP contribution in [0, 0.1) is 10.1 Å². The van der Waals surface area contributed by atoms with Gasteiger partial charge in [0.05, 0.1) is 17.6 Å². The summed E-state index contributed by atoms with van der Waals surface area (Å²) < 4.78 is 4.41. The van der Waals surface area contributed by atoms with Crippen LogP contribution in [0.5, 0.6) is 0 Å². The zero-order chi connectivity index (χ0) is 11.4. The second-order valence-electron chi connectivity index (χ2n) is 2.82. The van der Waals surface area contributed by atoms with Crippen LogP contribution in [0.1, 0.15) is 11.6 Å². The van der Waals surface area contributed by atoms with Crippen molar-refractivity contribution < 1.29 is 14.5 Å². The molecule has 1 unspecified atom stereocenters. The molecular formula is C9H10N2O4. The third-order valence-corrected chi connectivity index (χ3v) is 1.92. The average molecular weight is 210 g/mol. The van der Waals surface area contributed by atoms with Gasteiger partial charge in [-0.1, -0.05) is 12.1 Å². The number of esters is 1. The van der Waals surface area contributed by atoms with Gasteiger partial charge in [-0.3, -0.25) is 10.1 Å². The van der Waals surface area contributed by atoms with Gasteiger partial charge in [-0.05, 0) is 6.07 Å². The number of nitro benzene ring substituents is 1. The van der Waals surface area contributed by atoms with E-state index in [1.807, 2.05) is 0 Å². The Hall–Kier alpha value is -1.95. The van der Waals surface area contributed by atoms with Crippen LogP contribution in [0.25, 0.3) is 0 Å². The maximum absolute atomic E-state index is 11.1. The maximum atomic E-state index is 11.1. The van der Waals surface area contributed by atoms with Gasteiger partial charge < -0.3 is 10.5 Å². The third-order valence-electron chi connectivity index (χ3n) is 1.92. The number of nitrogens with two attached hydrogens (primary N) is 1. The minimum atomic E-state index is -1.13. The molecule has 0 bridgehead atoms. The number of benzene rings is 1. The number of nitro groups is 1. The molecule has 0 radical (unpaired) electrons. The molecule has 0 heterocycles. The number of carbonyl (C=O) groups excluding carboxylic acids is 1. The predicted octanol–water partition coefficient (Wildman–Crippen LogP) is 0.768. The smallest absolute Gasteiger partial charge is 0.327 e. The van der Waals surface area contributed by atoms with Gasteiger partial charge in [0.25, 0.3) is 5.69 Å². The van der Waals surface area contributed by atoms with Crippen LogP contribution in [0.2, 0.25) is 0 Å². The van der Waals surface area contributed by atoms with E-state index in [4.69, 9.17) is 5.73 Å². The van der Waals surface area contributed by atoms with Crippen molar-refractivity contribution in [3.8, 4) is 0 Å². The second kappa shape index (κ2) is 4.52. The molecule has 0 aliphatic heterocycles. The molecule has 2 N–H and O–H groups in total. The van der Waals surface area contributed by atoms with E-state index in [0.29, 0.717) is 0 Å². The third kappa shape index (κ3) is 2.29. The lowest BCUT2D eigenvalue weighted by Gasteiger charge is -2.09. The van der Waals surface area contributed by atoms with E-state index in [1.54, 1.807) is 6.07 Å². The van der Waals surface area contributed by atoms with Crippen molar-refractivity contribution in [3.63, 3.8) is 0 Å². The van der Waals surface area contributed by atoms with Gasteiger partial charge in [0, 0.05) is 6.07 Å². The fourth-order valence-corrected chi connectivity index (χ4v) is 1.17. The number of ether oxygens (including phenoxy) is 1. The molecule has 0 saturated heterocycles. The van der Waals surface area contributed by atoms with Crippen molar-refractivity contribution in [3.05, 3.63) is 39.9 Å². The summed E-state index contributed by atoms with van der Waals surface area (Å²) in [5, 5.41) is 10.6. The van der Waals surface area contributed by atoms with Gasteiger partial charge in [0.15, 0.2) is 0 Å². The van der Waals surface area contributed by atoms with E-state index < -0.39 is 16.9 Å². The van der Waals surface area contributed by atoms with Crippen molar-refractivity contribution in [2.75, 3.05) is 7.11 Å². The quantitative estimate of drug-likeness (QED) is 0.451. The molecule has 0 fully saturated rings. The first-order valence-electron chi connectivity index (χ1n) is 4.14. The Bertz CT molecular complexity index is 391. The van der Waals surface area contributed by atoms with Crippen LogP contribution in [-0.2, 0) is 9.53 Å². The highest BCUT2D eigenvalue weighted by atomic mass is 16.6. The highest BCUT2D eigenvalue weighted by molar-refractivity contribution is 5.78. The normalized spacial score (nSPS) is 11.9. The van der Waals surface area contributed by atoms with Crippen LogP contribution >= 0.6 is 0 Å². The van der Waals surface area contributed by atoms with Gasteiger partial charge >= 0.3 is 5.97 Å². The van der Waals surface area contributed by atoms with E-state index >= 15 is 0 Å². The molecule has 0 saturated carbocycles. The number of hydrogen-bond donors (Lipinski definition) is 1. The molecule has 6 nitrogen and oxygen atoms in total. The minimum Gasteiger partial charge on any atom is -0.468 e. The molecule has 0 aliphatic carbocycles. The van der Waals surface area contributed by atoms with Crippen LogP contribution < -0.4 is 5.73 Å². The summed E-state index contributed by atoms with van der Waals surface area (Å²) in [4.78, 5) is 21.2. The molecule has 1 atom stereocenters. The monoisotopic (exact) mass is 210 g/mol. The second-order valence-corrected chi connectivity index (χ2v) is 2.82. The Morgan fingerprint density at radius 3 is 2.67 bits per heavy atom. The molecule has 1 aromatic carbocycles. The van der Waals surface area contributed by atoms with Gasteiger partial charge in [0.1, 0.15) is 6.04 Å². The summed E-state index contributed by atoms with van der Waals surface area (Å²) >= 11 is 0. The van der Waals surface area contributed by atoms with Crippen molar-refractivity contribution >= 4 is 11.7 Å². The number of nitrogens with zero attached hydrogens (tertiary/aromatic N) is 1. The zero-order valence-electron chi connectivity index (χ0n) is 8.04. The van der Waals surface area contributed by atoms with E-state index in [9.17, 15) is 14.9 Å². The van der Waals surface area contributed by atoms with Crippen molar-refractivity contribution in [2.45, 2.75) is 6.04 Å². The standard InChI is InChI=1S/C9H10N2O4/c1-15-9(12)8(10)6-4-2-3-5-7(6)11(13)14/h2-5,8H,10H2,1H3. The number of hydrogen-bond acceptors (Lipinski definition) is 5. The van der Waals surface area contributed by atoms with E-state index in [2.05, 4.69) is 4.74 Å². The molecule has 0 aliphatic rings. The minimum absolute atomic E-state index is 0.148. The molecule has 15 heavy (non-hydrogen) atoms. The van der Waals surface area contributed by atoms with Gasteiger partial charge in [-0.2, -0.15) is 0 Å². The number of carbonyl (C=O) groups is 1. The highest BCUT2D eigenvalue weighted by Gasteiger charge is 2.24. The van der Waals surface area contributed by atoms with Crippen molar-refractivity contribution in [2.24, 2.45) is 5.73 Å². The molecule has 0 amide bonds. The lowest BCUT2D eigenvalue weighted by atomic mass is 10.1. The lowest BCUT2D eigenvalue weighted by Crippen LogP contribution is -2.23. The van der Waals surface area contributed by atoms with E-state index in [0.717, 1.165) is 0 Å². The number of methoxy groups -OCH3 is 1. The predicted molar refractivity (Wildman–Crippen MR) is 52.0 cm³/mol. The van der Waals surface area contributed by atoms with Crippen LogP contribution in [0.15, 0.2) is 24.3 Å². The van der Waals surface area contributed by atoms with Gasteiger partial charge in [-0.25, -0.2) is 4.79 Å². The number of rotatable bonds is 3. The van der Waals surface area contributed by atoms with Gasteiger partial charge in [-0.15, -0.1) is 0 Å². The SMILES string of the molecule is COC(=O)C(N)c1ccccc1[N+](=O)[O-]. The van der Waals surface area contributed by atoms with Crippen LogP contribution in [-0.4, -0.2) is 18.0 Å². The number of para-hydroxylation sites is 1. The van der Waals surface area contributed by atoms with Crippen molar-refractivity contribution in [1.29, 1.82) is 0 Å². The Balaban J connectivity index is 3.13. The maximum Gasteiger partial charge on any atom is 0.327 e. The molecule has 1 aromatic rings. The van der Waals surface area contributed by atoms with E-state index in [1.165, 1.54) is 25.3 Å². The van der Waals surface area contributed by atoms with Crippen LogP contribution in [0.4, 0.5) is 5.69 Å². The Morgan fingerprint density at radius 2 is 2.13 bits per heavy atom. The average Bonchev–Trinajstić information content (AvgIpc) is 2.27. The summed E-state index contributed by atoms with van der Waals surface area (Å²) in [6.45, 7) is 0. The summed E-state index contributed by atoms with van der Waals surface area (Å²) in [6.07, 6.45) is 0. The molecule has 0 spiro atoms. The Kier molecular flexibility index (Phi) is 3.35. The Labute approximate surface area is 85.8 Å². The first kappa shape index (κ1) is 11.1. The first-order valence-corrected chi connectivity index (χ1v) is 4.14. The van der Waals surface area contributed by atoms with Crippen molar-refractivity contribution in [1.82, 2.24) is 0 Å². The molecule has 80 valence electrons. The van der Waals surface area contributed by atoms with Crippen LogP contribution in [0.3, 0.4) is 0 Å². The summed E-state index contributed by atoms with van der Waals surface area (Å²) in [5.74, 6) is -0.704. The molecular weight excluding hydrogens is 200 g/mol. The largest absolute Gasteiger partial charge is 0.468 e. The van der Waals surface area contributed by atoms with E-state index in [-0.39, 0.29) is 11.3 Å². The summed E-state index contributed by atoms with van der Waals surface area (Å²) in [5.41, 5.74) is 5.47.